The highest BCUT2D eigenvalue weighted by Gasteiger charge is 2.27. The maximum absolute atomic E-state index is 12.9. The first-order valence-electron chi connectivity index (χ1n) is 11.4. The molecule has 7 nitrogen and oxygen atoms in total. The number of carbonyl (C=O) groups is 1. The van der Waals surface area contributed by atoms with Gasteiger partial charge in [-0.15, -0.1) is 0 Å². The number of nitrogens with zero attached hydrogens (tertiary/aromatic N) is 3. The maximum atomic E-state index is 12.9. The largest absolute Gasteiger partial charge is 0.322 e. The summed E-state index contributed by atoms with van der Waals surface area (Å²) in [4.78, 5) is 14.9. The van der Waals surface area contributed by atoms with Crippen LogP contribution < -0.4 is 5.32 Å². The second-order valence-corrected chi connectivity index (χ2v) is 11.8. The Bertz CT molecular complexity index is 1320. The standard InChI is InChI=1S/C25H27ClN4O3S/c1-29-24(18-2-3-18)15-23(28-29)17-4-7-21(8-5-17)27-25(31)19-6-9-22(26)20(14-19)16-30-10-12-34(32,33)13-11-30/h4-9,14-15,18H,2-3,10-13,16H2,1H3,(H,27,31). The summed E-state index contributed by atoms with van der Waals surface area (Å²) >= 11 is 6.36. The number of aromatic nitrogens is 2. The average molecular weight is 499 g/mol. The number of hydrogen-bond acceptors (Lipinski definition) is 5. The Balaban J connectivity index is 1.25. The van der Waals surface area contributed by atoms with E-state index >= 15 is 0 Å². The minimum atomic E-state index is -2.94. The van der Waals surface area contributed by atoms with Crippen LogP contribution in [-0.2, 0) is 23.4 Å². The van der Waals surface area contributed by atoms with Crippen LogP contribution in [0.1, 0.15) is 40.4 Å². The van der Waals surface area contributed by atoms with E-state index in [9.17, 15) is 13.2 Å². The van der Waals surface area contributed by atoms with E-state index < -0.39 is 9.84 Å². The lowest BCUT2D eigenvalue weighted by Crippen LogP contribution is -2.39. The SMILES string of the molecule is Cn1nc(-c2ccc(NC(=O)c3ccc(Cl)c(CN4CCS(=O)(=O)CC4)c3)cc2)cc1C1CC1. The molecule has 2 aromatic carbocycles. The summed E-state index contributed by atoms with van der Waals surface area (Å²) < 4.78 is 25.3. The normalized spacial score (nSPS) is 18.1. The van der Waals surface area contributed by atoms with Gasteiger partial charge in [0.05, 0.1) is 17.2 Å². The van der Waals surface area contributed by atoms with Gasteiger partial charge in [0, 0.05) is 60.1 Å². The van der Waals surface area contributed by atoms with Crippen molar-refractivity contribution in [3.63, 3.8) is 0 Å². The number of amides is 1. The summed E-state index contributed by atoms with van der Waals surface area (Å²) in [6.07, 6.45) is 2.46. The number of benzene rings is 2. The van der Waals surface area contributed by atoms with Crippen LogP contribution in [0.5, 0.6) is 0 Å². The molecule has 2 aliphatic rings. The Morgan fingerprint density at radius 3 is 2.47 bits per heavy atom. The van der Waals surface area contributed by atoms with Gasteiger partial charge in [-0.1, -0.05) is 23.7 Å². The molecule has 1 N–H and O–H groups in total. The van der Waals surface area contributed by atoms with Crippen molar-refractivity contribution in [1.29, 1.82) is 0 Å². The Labute approximate surface area is 204 Å². The molecular formula is C25H27ClN4O3S. The van der Waals surface area contributed by atoms with Gasteiger partial charge in [-0.05, 0) is 54.8 Å². The molecule has 0 unspecified atom stereocenters. The van der Waals surface area contributed by atoms with Crippen molar-refractivity contribution in [3.05, 3.63) is 70.4 Å². The molecule has 1 saturated heterocycles. The highest BCUT2D eigenvalue weighted by Crippen LogP contribution is 2.41. The van der Waals surface area contributed by atoms with E-state index in [1.807, 2.05) is 36.0 Å². The molecule has 0 bridgehead atoms. The van der Waals surface area contributed by atoms with Gasteiger partial charge in [-0.2, -0.15) is 5.10 Å². The van der Waals surface area contributed by atoms with Crippen molar-refractivity contribution in [2.75, 3.05) is 29.9 Å². The van der Waals surface area contributed by atoms with Crippen LogP contribution in [0, 0.1) is 0 Å². The van der Waals surface area contributed by atoms with E-state index in [2.05, 4.69) is 21.4 Å². The minimum absolute atomic E-state index is 0.154. The third-order valence-corrected chi connectivity index (χ3v) is 8.47. The van der Waals surface area contributed by atoms with Crippen LogP contribution in [0.4, 0.5) is 5.69 Å². The number of carbonyl (C=O) groups excluding carboxylic acids is 1. The third-order valence-electron chi connectivity index (χ3n) is 6.49. The Morgan fingerprint density at radius 2 is 1.79 bits per heavy atom. The minimum Gasteiger partial charge on any atom is -0.322 e. The van der Waals surface area contributed by atoms with Gasteiger partial charge in [0.2, 0.25) is 0 Å². The molecule has 5 rings (SSSR count). The van der Waals surface area contributed by atoms with E-state index in [4.69, 9.17) is 11.6 Å². The van der Waals surface area contributed by atoms with Crippen LogP contribution >= 0.6 is 11.6 Å². The molecule has 1 amide bonds. The number of aryl methyl sites for hydroxylation is 1. The van der Waals surface area contributed by atoms with E-state index in [1.165, 1.54) is 18.5 Å². The van der Waals surface area contributed by atoms with Gasteiger partial charge in [0.1, 0.15) is 0 Å². The highest BCUT2D eigenvalue weighted by molar-refractivity contribution is 7.91. The van der Waals surface area contributed by atoms with Gasteiger partial charge in [0.25, 0.3) is 5.91 Å². The predicted octanol–water partition coefficient (Wildman–Crippen LogP) is 4.10. The molecule has 0 radical (unpaired) electrons. The van der Waals surface area contributed by atoms with Crippen molar-refractivity contribution >= 4 is 33.0 Å². The number of rotatable bonds is 6. The molecule has 2 heterocycles. The van der Waals surface area contributed by atoms with E-state index in [0.29, 0.717) is 41.8 Å². The summed E-state index contributed by atoms with van der Waals surface area (Å²) in [7, 11) is -0.956. The molecule has 9 heteroatoms. The molecule has 1 aliphatic heterocycles. The fraction of sp³-hybridized carbons (Fsp3) is 0.360. The first-order chi connectivity index (χ1) is 16.3. The third kappa shape index (κ3) is 5.19. The van der Waals surface area contributed by atoms with Crippen LogP contribution in [0.2, 0.25) is 5.02 Å². The second kappa shape index (κ2) is 9.17. The zero-order valence-corrected chi connectivity index (χ0v) is 20.6. The predicted molar refractivity (Wildman–Crippen MR) is 134 cm³/mol. The highest BCUT2D eigenvalue weighted by atomic mass is 35.5. The molecule has 1 aromatic heterocycles. The van der Waals surface area contributed by atoms with Gasteiger partial charge in [-0.3, -0.25) is 14.4 Å². The molecule has 0 spiro atoms. The molecule has 34 heavy (non-hydrogen) atoms. The number of halogens is 1. The van der Waals surface area contributed by atoms with Crippen LogP contribution in [0.25, 0.3) is 11.3 Å². The van der Waals surface area contributed by atoms with Crippen molar-refractivity contribution < 1.29 is 13.2 Å². The average Bonchev–Trinajstić information content (AvgIpc) is 3.58. The molecule has 3 aromatic rings. The van der Waals surface area contributed by atoms with Gasteiger partial charge >= 0.3 is 0 Å². The Hall–Kier alpha value is -2.68. The number of nitrogens with one attached hydrogen (secondary N) is 1. The summed E-state index contributed by atoms with van der Waals surface area (Å²) in [5.74, 6) is 0.723. The lowest BCUT2D eigenvalue weighted by Gasteiger charge is -2.27. The lowest BCUT2D eigenvalue weighted by atomic mass is 10.1. The van der Waals surface area contributed by atoms with E-state index in [0.717, 1.165) is 16.8 Å². The molecule has 1 aliphatic carbocycles. The lowest BCUT2D eigenvalue weighted by molar-refractivity contribution is 0.102. The summed E-state index contributed by atoms with van der Waals surface area (Å²) in [6, 6.07) is 15.0. The molecule has 2 fully saturated rings. The topological polar surface area (TPSA) is 84.3 Å². The van der Waals surface area contributed by atoms with Gasteiger partial charge in [0.15, 0.2) is 9.84 Å². The Morgan fingerprint density at radius 1 is 1.09 bits per heavy atom. The fourth-order valence-corrected chi connectivity index (χ4v) is 5.75. The summed E-state index contributed by atoms with van der Waals surface area (Å²) in [5, 5.41) is 8.14. The van der Waals surface area contributed by atoms with E-state index in [1.54, 1.807) is 18.2 Å². The number of anilines is 1. The zero-order valence-electron chi connectivity index (χ0n) is 19.0. The first-order valence-corrected chi connectivity index (χ1v) is 13.6. The second-order valence-electron chi connectivity index (χ2n) is 9.12. The number of hydrogen-bond donors (Lipinski definition) is 1. The Kier molecular flexibility index (Phi) is 6.22. The van der Waals surface area contributed by atoms with Crippen LogP contribution in [0.15, 0.2) is 48.5 Å². The summed E-state index contributed by atoms with van der Waals surface area (Å²) in [5.41, 5.74) is 5.24. The van der Waals surface area contributed by atoms with E-state index in [-0.39, 0.29) is 17.4 Å². The molecular weight excluding hydrogens is 472 g/mol. The first kappa shape index (κ1) is 23.1. The number of sulfone groups is 1. The molecule has 1 saturated carbocycles. The van der Waals surface area contributed by atoms with Crippen molar-refractivity contribution in [2.45, 2.75) is 25.3 Å². The smallest absolute Gasteiger partial charge is 0.255 e. The maximum Gasteiger partial charge on any atom is 0.255 e. The van der Waals surface area contributed by atoms with Crippen LogP contribution in [-0.4, -0.2) is 53.6 Å². The zero-order chi connectivity index (χ0) is 23.9. The summed E-state index contributed by atoms with van der Waals surface area (Å²) in [6.45, 7) is 1.46. The van der Waals surface area contributed by atoms with Gasteiger partial charge in [-0.25, -0.2) is 8.42 Å². The van der Waals surface area contributed by atoms with Crippen molar-refractivity contribution in [1.82, 2.24) is 14.7 Å². The molecule has 178 valence electrons. The van der Waals surface area contributed by atoms with Gasteiger partial charge < -0.3 is 5.32 Å². The van der Waals surface area contributed by atoms with Crippen molar-refractivity contribution in [2.24, 2.45) is 7.05 Å². The van der Waals surface area contributed by atoms with Crippen LogP contribution in [0.3, 0.4) is 0 Å². The fourth-order valence-electron chi connectivity index (χ4n) is 4.30. The quantitative estimate of drug-likeness (QED) is 0.553. The molecule has 0 atom stereocenters. The monoisotopic (exact) mass is 498 g/mol. The van der Waals surface area contributed by atoms with Crippen molar-refractivity contribution in [3.8, 4) is 11.3 Å².